The van der Waals surface area contributed by atoms with E-state index in [1.54, 1.807) is 66.7 Å². The van der Waals surface area contributed by atoms with Crippen molar-refractivity contribution < 1.29 is 23.8 Å². The van der Waals surface area contributed by atoms with Gasteiger partial charge < -0.3 is 14.2 Å². The minimum Gasteiger partial charge on any atom is -0.494 e. The molecule has 0 aliphatic rings. The molecule has 3 aromatic carbocycles. The van der Waals surface area contributed by atoms with Crippen LogP contribution in [0.4, 0.5) is 0 Å². The summed E-state index contributed by atoms with van der Waals surface area (Å²) in [7, 11) is 1.48. The van der Waals surface area contributed by atoms with Crippen LogP contribution in [0.15, 0.2) is 77.9 Å². The zero-order chi connectivity index (χ0) is 23.5. The molecular weight excluding hydrogens is 420 g/mol. The molecule has 0 saturated carbocycles. The molecular formula is C26H26N2O5. The molecule has 1 amide bonds. The van der Waals surface area contributed by atoms with Gasteiger partial charge in [-0.1, -0.05) is 31.5 Å². The van der Waals surface area contributed by atoms with Gasteiger partial charge in [-0.2, -0.15) is 5.10 Å². The van der Waals surface area contributed by atoms with E-state index in [2.05, 4.69) is 17.5 Å². The predicted octanol–water partition coefficient (Wildman–Crippen LogP) is 4.86. The maximum Gasteiger partial charge on any atom is 0.343 e. The summed E-state index contributed by atoms with van der Waals surface area (Å²) in [6.45, 7) is 2.74. The molecule has 0 bridgehead atoms. The predicted molar refractivity (Wildman–Crippen MR) is 126 cm³/mol. The van der Waals surface area contributed by atoms with Gasteiger partial charge in [-0.25, -0.2) is 10.2 Å². The Hall–Kier alpha value is -4.13. The average molecular weight is 447 g/mol. The summed E-state index contributed by atoms with van der Waals surface area (Å²) >= 11 is 0. The fraction of sp³-hybridized carbons (Fsp3) is 0.192. The Balaban J connectivity index is 1.61. The van der Waals surface area contributed by atoms with Crippen molar-refractivity contribution in [3.05, 3.63) is 89.5 Å². The van der Waals surface area contributed by atoms with Crippen LogP contribution < -0.4 is 19.6 Å². The van der Waals surface area contributed by atoms with E-state index in [0.29, 0.717) is 34.8 Å². The van der Waals surface area contributed by atoms with Gasteiger partial charge in [0, 0.05) is 5.56 Å². The van der Waals surface area contributed by atoms with Crippen molar-refractivity contribution in [2.24, 2.45) is 5.10 Å². The highest BCUT2D eigenvalue weighted by atomic mass is 16.6. The molecule has 0 aromatic heterocycles. The van der Waals surface area contributed by atoms with Gasteiger partial charge >= 0.3 is 5.97 Å². The summed E-state index contributed by atoms with van der Waals surface area (Å²) in [5, 5.41) is 3.97. The summed E-state index contributed by atoms with van der Waals surface area (Å²) in [5.74, 6) is 0.522. The van der Waals surface area contributed by atoms with Crippen LogP contribution in [0.3, 0.4) is 0 Å². The summed E-state index contributed by atoms with van der Waals surface area (Å²) in [5.41, 5.74) is 4.04. The highest BCUT2D eigenvalue weighted by Crippen LogP contribution is 2.28. The van der Waals surface area contributed by atoms with Crippen LogP contribution in [-0.4, -0.2) is 31.8 Å². The van der Waals surface area contributed by atoms with Gasteiger partial charge in [-0.3, -0.25) is 4.79 Å². The van der Waals surface area contributed by atoms with E-state index in [-0.39, 0.29) is 11.7 Å². The topological polar surface area (TPSA) is 86.2 Å². The van der Waals surface area contributed by atoms with E-state index >= 15 is 0 Å². The van der Waals surface area contributed by atoms with E-state index in [0.717, 1.165) is 12.8 Å². The van der Waals surface area contributed by atoms with E-state index in [9.17, 15) is 9.59 Å². The number of unbranched alkanes of at least 4 members (excludes halogenated alkanes) is 1. The quantitative estimate of drug-likeness (QED) is 0.158. The average Bonchev–Trinajstić information content (AvgIpc) is 2.85. The Labute approximate surface area is 193 Å². The number of methoxy groups -OCH3 is 1. The van der Waals surface area contributed by atoms with E-state index in [4.69, 9.17) is 14.2 Å². The fourth-order valence-corrected chi connectivity index (χ4v) is 2.85. The number of benzene rings is 3. The van der Waals surface area contributed by atoms with Crippen molar-refractivity contribution in [1.82, 2.24) is 5.43 Å². The molecule has 7 heteroatoms. The number of hydrogen-bond acceptors (Lipinski definition) is 6. The molecule has 0 heterocycles. The Morgan fingerprint density at radius 1 is 0.939 bits per heavy atom. The first-order valence-electron chi connectivity index (χ1n) is 10.6. The van der Waals surface area contributed by atoms with Crippen molar-refractivity contribution in [3.63, 3.8) is 0 Å². The molecule has 0 radical (unpaired) electrons. The number of esters is 1. The van der Waals surface area contributed by atoms with Crippen LogP contribution >= 0.6 is 0 Å². The lowest BCUT2D eigenvalue weighted by molar-refractivity contribution is 0.0729. The molecule has 3 rings (SSSR count). The summed E-state index contributed by atoms with van der Waals surface area (Å²) in [4.78, 5) is 24.6. The molecule has 0 atom stereocenters. The highest BCUT2D eigenvalue weighted by molar-refractivity contribution is 5.95. The summed E-state index contributed by atoms with van der Waals surface area (Å²) in [6.07, 6.45) is 3.51. The van der Waals surface area contributed by atoms with Crippen LogP contribution in [0, 0.1) is 0 Å². The summed E-state index contributed by atoms with van der Waals surface area (Å²) in [6, 6.07) is 20.6. The zero-order valence-corrected chi connectivity index (χ0v) is 18.6. The van der Waals surface area contributed by atoms with Crippen LogP contribution in [0.1, 0.15) is 46.0 Å². The van der Waals surface area contributed by atoms with Gasteiger partial charge in [-0.05, 0) is 66.6 Å². The van der Waals surface area contributed by atoms with Gasteiger partial charge in [0.2, 0.25) is 0 Å². The number of carbonyl (C=O) groups excluding carboxylic acids is 2. The first-order valence-corrected chi connectivity index (χ1v) is 10.6. The molecule has 0 aliphatic carbocycles. The molecule has 1 N–H and O–H groups in total. The second-order valence-corrected chi connectivity index (χ2v) is 7.09. The van der Waals surface area contributed by atoms with Crippen LogP contribution in [-0.2, 0) is 0 Å². The first-order chi connectivity index (χ1) is 16.1. The van der Waals surface area contributed by atoms with Crippen LogP contribution in [0.25, 0.3) is 0 Å². The molecule has 0 spiro atoms. The molecule has 7 nitrogen and oxygen atoms in total. The molecule has 0 fully saturated rings. The third-order valence-electron chi connectivity index (χ3n) is 4.66. The molecule has 33 heavy (non-hydrogen) atoms. The maximum absolute atomic E-state index is 12.5. The summed E-state index contributed by atoms with van der Waals surface area (Å²) < 4.78 is 16.5. The first kappa shape index (κ1) is 23.5. The van der Waals surface area contributed by atoms with Gasteiger partial charge in [0.05, 0.1) is 25.5 Å². The Kier molecular flexibility index (Phi) is 8.59. The number of carbonyl (C=O) groups is 2. The van der Waals surface area contributed by atoms with Crippen LogP contribution in [0.2, 0.25) is 0 Å². The third kappa shape index (κ3) is 6.93. The Morgan fingerprint density at radius 2 is 1.70 bits per heavy atom. The van der Waals surface area contributed by atoms with Crippen molar-refractivity contribution in [1.29, 1.82) is 0 Å². The number of nitrogens with zero attached hydrogens (tertiary/aromatic N) is 1. The maximum atomic E-state index is 12.5. The second kappa shape index (κ2) is 12.0. The standard InChI is InChI=1S/C26H26N2O5/c1-3-4-16-32-22-13-11-21(12-14-22)26(30)33-23-15-10-19(17-24(23)31-2)18-27-28-25(29)20-8-6-5-7-9-20/h5-15,17-18H,3-4,16H2,1-2H3,(H,28,29)/b27-18-. The Bertz CT molecular complexity index is 1100. The number of nitrogens with one attached hydrogen (secondary N) is 1. The zero-order valence-electron chi connectivity index (χ0n) is 18.6. The Morgan fingerprint density at radius 3 is 2.39 bits per heavy atom. The van der Waals surface area contributed by atoms with Crippen molar-refractivity contribution in [3.8, 4) is 17.2 Å². The van der Waals surface area contributed by atoms with E-state index in [1.165, 1.54) is 13.3 Å². The monoisotopic (exact) mass is 446 g/mol. The SMILES string of the molecule is CCCCOc1ccc(C(=O)Oc2ccc(/C=N\NC(=O)c3ccccc3)cc2OC)cc1. The number of amides is 1. The number of ether oxygens (including phenoxy) is 3. The van der Waals surface area contributed by atoms with Crippen molar-refractivity contribution >= 4 is 18.1 Å². The number of hydrazone groups is 1. The minimum absolute atomic E-state index is 0.274. The number of rotatable bonds is 10. The van der Waals surface area contributed by atoms with Gasteiger partial charge in [0.1, 0.15) is 5.75 Å². The second-order valence-electron chi connectivity index (χ2n) is 7.09. The number of hydrogen-bond donors (Lipinski definition) is 1. The van der Waals surface area contributed by atoms with Gasteiger partial charge in [0.15, 0.2) is 11.5 Å². The van der Waals surface area contributed by atoms with E-state index in [1.807, 2.05) is 6.07 Å². The molecule has 170 valence electrons. The molecule has 0 aliphatic heterocycles. The molecule has 0 saturated heterocycles. The largest absolute Gasteiger partial charge is 0.494 e. The molecule has 3 aromatic rings. The van der Waals surface area contributed by atoms with Crippen molar-refractivity contribution in [2.45, 2.75) is 19.8 Å². The van der Waals surface area contributed by atoms with Gasteiger partial charge in [-0.15, -0.1) is 0 Å². The van der Waals surface area contributed by atoms with Gasteiger partial charge in [0.25, 0.3) is 5.91 Å². The van der Waals surface area contributed by atoms with Crippen LogP contribution in [0.5, 0.6) is 17.2 Å². The lowest BCUT2D eigenvalue weighted by Gasteiger charge is -2.10. The lowest BCUT2D eigenvalue weighted by Crippen LogP contribution is -2.17. The van der Waals surface area contributed by atoms with E-state index < -0.39 is 5.97 Å². The highest BCUT2D eigenvalue weighted by Gasteiger charge is 2.13. The third-order valence-corrected chi connectivity index (χ3v) is 4.66. The minimum atomic E-state index is -0.509. The normalized spacial score (nSPS) is 10.6. The lowest BCUT2D eigenvalue weighted by atomic mass is 10.2. The smallest absolute Gasteiger partial charge is 0.343 e. The molecule has 0 unspecified atom stereocenters. The fourth-order valence-electron chi connectivity index (χ4n) is 2.85. The van der Waals surface area contributed by atoms with Crippen molar-refractivity contribution in [2.75, 3.05) is 13.7 Å².